The van der Waals surface area contributed by atoms with E-state index in [0.29, 0.717) is 23.5 Å². The van der Waals surface area contributed by atoms with Crippen LogP contribution in [0.1, 0.15) is 31.2 Å². The van der Waals surface area contributed by atoms with Gasteiger partial charge in [0.15, 0.2) is 11.2 Å². The molecule has 0 radical (unpaired) electrons. The van der Waals surface area contributed by atoms with Gasteiger partial charge in [0.25, 0.3) is 5.56 Å². The number of imidazole rings is 1. The van der Waals surface area contributed by atoms with Crippen molar-refractivity contribution in [3.05, 3.63) is 58.4 Å². The fourth-order valence-electron chi connectivity index (χ4n) is 2.18. The Morgan fingerprint density at radius 2 is 2.00 bits per heavy atom. The largest absolute Gasteiger partial charge is 0.320 e. The molecule has 1 N–H and O–H groups in total. The maximum absolute atomic E-state index is 12.2. The average Bonchev–Trinajstić information content (AvgIpc) is 2.83. The number of rotatable bonds is 3. The minimum Gasteiger partial charge on any atom is -0.320 e. The molecule has 0 amide bonds. The number of benzene rings is 1. The van der Waals surface area contributed by atoms with Gasteiger partial charge in [-0.2, -0.15) is 0 Å². The highest BCUT2D eigenvalue weighted by atomic mass is 16.1. The summed E-state index contributed by atoms with van der Waals surface area (Å²) in [4.78, 5) is 23.7. The third kappa shape index (κ3) is 2.22. The molecule has 1 aromatic carbocycles. The molecular weight excluding hydrogens is 252 g/mol. The van der Waals surface area contributed by atoms with E-state index in [1.165, 1.54) is 0 Å². The van der Waals surface area contributed by atoms with E-state index < -0.39 is 0 Å². The van der Waals surface area contributed by atoms with Gasteiger partial charge in [-0.25, -0.2) is 9.97 Å². The topological polar surface area (TPSA) is 63.6 Å². The third-order valence-corrected chi connectivity index (χ3v) is 3.24. The van der Waals surface area contributed by atoms with Crippen molar-refractivity contribution >= 4 is 11.2 Å². The average molecular weight is 268 g/mol. The summed E-state index contributed by atoms with van der Waals surface area (Å²) in [6.45, 7) is 4.60. The number of aromatic amines is 1. The lowest BCUT2D eigenvalue weighted by atomic mass is 10.2. The molecule has 5 nitrogen and oxygen atoms in total. The number of H-pyrrole nitrogens is 1. The molecule has 0 unspecified atom stereocenters. The minimum absolute atomic E-state index is 0.132. The van der Waals surface area contributed by atoms with Crippen molar-refractivity contribution < 1.29 is 0 Å². The molecule has 0 saturated carbocycles. The maximum atomic E-state index is 12.2. The number of nitrogens with one attached hydrogen (secondary N) is 1. The normalized spacial score (nSPS) is 11.3. The van der Waals surface area contributed by atoms with Crippen LogP contribution in [0.15, 0.2) is 41.5 Å². The van der Waals surface area contributed by atoms with Crippen LogP contribution in [0.4, 0.5) is 0 Å². The van der Waals surface area contributed by atoms with Crippen LogP contribution >= 0.6 is 0 Å². The summed E-state index contributed by atoms with van der Waals surface area (Å²) < 4.78 is 1.83. The lowest BCUT2D eigenvalue weighted by molar-refractivity contribution is 0.769. The van der Waals surface area contributed by atoms with Gasteiger partial charge < -0.3 is 9.55 Å². The predicted molar refractivity (Wildman–Crippen MR) is 77.8 cm³/mol. The molecule has 3 rings (SSSR count). The summed E-state index contributed by atoms with van der Waals surface area (Å²) in [5.41, 5.74) is 2.03. The van der Waals surface area contributed by atoms with Crippen molar-refractivity contribution in [2.24, 2.45) is 0 Å². The van der Waals surface area contributed by atoms with Crippen molar-refractivity contribution in [3.8, 4) is 0 Å². The van der Waals surface area contributed by atoms with Gasteiger partial charge in [-0.1, -0.05) is 44.2 Å². The molecule has 2 aromatic heterocycles. The summed E-state index contributed by atoms with van der Waals surface area (Å²) in [5, 5.41) is 0. The first kappa shape index (κ1) is 12.6. The van der Waals surface area contributed by atoms with Gasteiger partial charge in [0, 0.05) is 12.5 Å². The second-order valence-electron chi connectivity index (χ2n) is 5.14. The van der Waals surface area contributed by atoms with Gasteiger partial charge in [0.2, 0.25) is 0 Å². The molecule has 5 heteroatoms. The zero-order valence-corrected chi connectivity index (χ0v) is 11.5. The highest BCUT2D eigenvalue weighted by molar-refractivity contribution is 5.69. The van der Waals surface area contributed by atoms with Crippen LogP contribution in [0, 0.1) is 0 Å². The standard InChI is InChI=1S/C15H16N4O/c1-10(2)13-17-14-12(15(20)18-13)19(9-16-14)8-11-6-4-3-5-7-11/h3-7,9-10H,8H2,1-2H3,(H,17,18,20). The Morgan fingerprint density at radius 1 is 1.25 bits per heavy atom. The zero-order valence-electron chi connectivity index (χ0n) is 11.5. The molecule has 0 aliphatic carbocycles. The molecule has 0 fully saturated rings. The Bertz CT molecular complexity index is 786. The molecule has 20 heavy (non-hydrogen) atoms. The molecular formula is C15H16N4O. The van der Waals surface area contributed by atoms with E-state index in [2.05, 4.69) is 15.0 Å². The van der Waals surface area contributed by atoms with E-state index in [1.54, 1.807) is 6.33 Å². The van der Waals surface area contributed by atoms with E-state index in [0.717, 1.165) is 5.56 Å². The molecule has 0 spiro atoms. The van der Waals surface area contributed by atoms with Gasteiger partial charge >= 0.3 is 0 Å². The van der Waals surface area contributed by atoms with Crippen LogP contribution < -0.4 is 5.56 Å². The highest BCUT2D eigenvalue weighted by Gasteiger charge is 2.12. The number of aromatic nitrogens is 4. The van der Waals surface area contributed by atoms with E-state index >= 15 is 0 Å². The predicted octanol–water partition coefficient (Wildman–Crippen LogP) is 2.29. The summed E-state index contributed by atoms with van der Waals surface area (Å²) in [6.07, 6.45) is 1.67. The number of hydrogen-bond donors (Lipinski definition) is 1. The molecule has 0 saturated heterocycles. The van der Waals surface area contributed by atoms with Crippen molar-refractivity contribution in [1.29, 1.82) is 0 Å². The van der Waals surface area contributed by atoms with Crippen molar-refractivity contribution in [2.75, 3.05) is 0 Å². The zero-order chi connectivity index (χ0) is 14.1. The van der Waals surface area contributed by atoms with Gasteiger partial charge in [-0.15, -0.1) is 0 Å². The summed E-state index contributed by atoms with van der Waals surface area (Å²) >= 11 is 0. The Balaban J connectivity index is 2.08. The molecule has 3 aromatic rings. The van der Waals surface area contributed by atoms with E-state index in [1.807, 2.05) is 48.7 Å². The second-order valence-corrected chi connectivity index (χ2v) is 5.14. The quantitative estimate of drug-likeness (QED) is 0.792. The number of hydrogen-bond acceptors (Lipinski definition) is 3. The van der Waals surface area contributed by atoms with Crippen LogP contribution in [-0.2, 0) is 6.54 Å². The van der Waals surface area contributed by atoms with E-state index in [4.69, 9.17) is 0 Å². The lowest BCUT2D eigenvalue weighted by Gasteiger charge is -2.05. The molecule has 0 aliphatic rings. The Hall–Kier alpha value is -2.43. The Morgan fingerprint density at radius 3 is 2.70 bits per heavy atom. The van der Waals surface area contributed by atoms with Crippen molar-refractivity contribution in [1.82, 2.24) is 19.5 Å². The summed E-state index contributed by atoms with van der Waals surface area (Å²) in [6, 6.07) is 9.98. The van der Waals surface area contributed by atoms with E-state index in [-0.39, 0.29) is 11.5 Å². The van der Waals surface area contributed by atoms with Crippen LogP contribution in [-0.4, -0.2) is 19.5 Å². The molecule has 0 bridgehead atoms. The van der Waals surface area contributed by atoms with Crippen LogP contribution in [0.25, 0.3) is 11.2 Å². The fourth-order valence-corrected chi connectivity index (χ4v) is 2.18. The van der Waals surface area contributed by atoms with E-state index in [9.17, 15) is 4.79 Å². The monoisotopic (exact) mass is 268 g/mol. The maximum Gasteiger partial charge on any atom is 0.277 e. The second kappa shape index (κ2) is 4.92. The van der Waals surface area contributed by atoms with Crippen molar-refractivity contribution in [2.45, 2.75) is 26.3 Å². The first-order valence-electron chi connectivity index (χ1n) is 6.64. The minimum atomic E-state index is -0.132. The number of nitrogens with zero attached hydrogens (tertiary/aromatic N) is 3. The van der Waals surface area contributed by atoms with Crippen LogP contribution in [0.2, 0.25) is 0 Å². The third-order valence-electron chi connectivity index (χ3n) is 3.24. The lowest BCUT2D eigenvalue weighted by Crippen LogP contribution is -2.16. The summed E-state index contributed by atoms with van der Waals surface area (Å²) in [5.74, 6) is 0.846. The van der Waals surface area contributed by atoms with Gasteiger partial charge in [-0.3, -0.25) is 4.79 Å². The molecule has 0 atom stereocenters. The van der Waals surface area contributed by atoms with Crippen molar-refractivity contribution in [3.63, 3.8) is 0 Å². The highest BCUT2D eigenvalue weighted by Crippen LogP contribution is 2.12. The molecule has 2 heterocycles. The first-order valence-corrected chi connectivity index (χ1v) is 6.64. The van der Waals surface area contributed by atoms with Gasteiger partial charge in [0.05, 0.1) is 6.33 Å². The SMILES string of the molecule is CC(C)c1nc2ncn(Cc3ccccc3)c2c(=O)[nH]1. The molecule has 102 valence electrons. The van der Waals surface area contributed by atoms with Gasteiger partial charge in [-0.05, 0) is 5.56 Å². The van der Waals surface area contributed by atoms with Crippen LogP contribution in [0.5, 0.6) is 0 Å². The van der Waals surface area contributed by atoms with Gasteiger partial charge in [0.1, 0.15) is 5.82 Å². The smallest absolute Gasteiger partial charge is 0.277 e. The first-order chi connectivity index (χ1) is 9.65. The Kier molecular flexibility index (Phi) is 3.10. The Labute approximate surface area is 116 Å². The summed E-state index contributed by atoms with van der Waals surface area (Å²) in [7, 11) is 0. The molecule has 0 aliphatic heterocycles. The fraction of sp³-hybridized carbons (Fsp3) is 0.267. The van der Waals surface area contributed by atoms with Crippen LogP contribution in [0.3, 0.4) is 0 Å². The number of fused-ring (bicyclic) bond motifs is 1.